The first-order valence-electron chi connectivity index (χ1n) is 9.11. The van der Waals surface area contributed by atoms with Crippen LogP contribution in [-0.2, 0) is 4.79 Å². The Morgan fingerprint density at radius 1 is 1.28 bits per heavy atom. The van der Waals surface area contributed by atoms with Crippen LogP contribution >= 0.6 is 23.1 Å². The van der Waals surface area contributed by atoms with Crippen LogP contribution in [0.15, 0.2) is 22.7 Å². The van der Waals surface area contributed by atoms with Crippen LogP contribution in [0.25, 0.3) is 10.7 Å². The number of aromatic nitrogens is 3. The third-order valence-electron chi connectivity index (χ3n) is 5.15. The molecule has 25 heavy (non-hydrogen) atoms. The number of thioether (sulfide) groups is 1. The van der Waals surface area contributed by atoms with Crippen molar-refractivity contribution in [3.8, 4) is 10.7 Å². The summed E-state index contributed by atoms with van der Waals surface area (Å²) in [6, 6.07) is 4.95. The van der Waals surface area contributed by atoms with E-state index in [9.17, 15) is 4.79 Å². The normalized spacial score (nSPS) is 23.6. The molecule has 0 bridgehead atoms. The average molecular weight is 377 g/mol. The molecular formula is C18H24N4OS2. The molecule has 4 rings (SSSR count). The van der Waals surface area contributed by atoms with Gasteiger partial charge < -0.3 is 4.90 Å². The number of thiophene rings is 1. The second-order valence-electron chi connectivity index (χ2n) is 7.18. The van der Waals surface area contributed by atoms with Crippen LogP contribution in [0, 0.1) is 5.92 Å². The molecule has 0 radical (unpaired) electrons. The van der Waals surface area contributed by atoms with Crippen LogP contribution in [-0.4, -0.2) is 43.8 Å². The summed E-state index contributed by atoms with van der Waals surface area (Å²) >= 11 is 3.08. The molecule has 2 aliphatic rings. The van der Waals surface area contributed by atoms with Gasteiger partial charge >= 0.3 is 0 Å². The summed E-state index contributed by atoms with van der Waals surface area (Å²) in [7, 11) is 0. The number of hydrogen-bond donors (Lipinski definition) is 1. The maximum absolute atomic E-state index is 12.9. The molecule has 2 saturated carbocycles. The molecule has 0 saturated heterocycles. The summed E-state index contributed by atoms with van der Waals surface area (Å²) in [5.74, 6) is 2.29. The molecule has 2 aromatic rings. The fourth-order valence-electron chi connectivity index (χ4n) is 3.61. The van der Waals surface area contributed by atoms with Crippen molar-refractivity contribution in [3.05, 3.63) is 17.5 Å². The van der Waals surface area contributed by atoms with Crippen molar-refractivity contribution in [2.24, 2.45) is 5.92 Å². The summed E-state index contributed by atoms with van der Waals surface area (Å²) in [6.45, 7) is 2.32. The minimum atomic E-state index is 0.259. The Kier molecular flexibility index (Phi) is 5.12. The van der Waals surface area contributed by atoms with Gasteiger partial charge in [-0.2, -0.15) is 0 Å². The van der Waals surface area contributed by atoms with Gasteiger partial charge in [-0.1, -0.05) is 24.8 Å². The third-order valence-corrected chi connectivity index (χ3v) is 6.86. The van der Waals surface area contributed by atoms with Gasteiger partial charge in [0.05, 0.1) is 10.6 Å². The molecule has 0 aliphatic heterocycles. The van der Waals surface area contributed by atoms with E-state index in [1.54, 1.807) is 11.3 Å². The molecule has 0 spiro atoms. The predicted molar refractivity (Wildman–Crippen MR) is 102 cm³/mol. The lowest BCUT2D eigenvalue weighted by atomic mass is 9.86. The number of rotatable bonds is 6. The SMILES string of the molecule is CC1CCC(N(C(=O)CSc2n[nH]c(-c3cccs3)n2)C2CC2)CC1. The Labute approximate surface area is 156 Å². The fraction of sp³-hybridized carbons (Fsp3) is 0.611. The van der Waals surface area contributed by atoms with E-state index in [4.69, 9.17) is 0 Å². The van der Waals surface area contributed by atoms with E-state index in [1.165, 1.54) is 37.4 Å². The molecule has 1 N–H and O–H groups in total. The van der Waals surface area contributed by atoms with Gasteiger partial charge in [0.25, 0.3) is 0 Å². The third kappa shape index (κ3) is 4.08. The van der Waals surface area contributed by atoms with Gasteiger partial charge in [-0.25, -0.2) is 4.98 Å². The highest BCUT2D eigenvalue weighted by Crippen LogP contribution is 2.36. The molecule has 2 aliphatic carbocycles. The second-order valence-corrected chi connectivity index (χ2v) is 9.07. The van der Waals surface area contributed by atoms with Crippen LogP contribution in [0.2, 0.25) is 0 Å². The zero-order valence-electron chi connectivity index (χ0n) is 14.5. The highest BCUT2D eigenvalue weighted by atomic mass is 32.2. The van der Waals surface area contributed by atoms with Crippen molar-refractivity contribution in [1.82, 2.24) is 20.1 Å². The summed E-state index contributed by atoms with van der Waals surface area (Å²) in [4.78, 5) is 20.6. The molecule has 2 heterocycles. The standard InChI is InChI=1S/C18H24N4OS2/c1-12-4-6-13(7-5-12)22(14-8-9-14)16(23)11-25-18-19-17(20-21-18)15-3-2-10-24-15/h2-3,10,12-14H,4-9,11H2,1H3,(H,19,20,21). The van der Waals surface area contributed by atoms with Crippen molar-refractivity contribution in [1.29, 1.82) is 0 Å². The maximum atomic E-state index is 12.9. The van der Waals surface area contributed by atoms with Crippen LogP contribution < -0.4 is 0 Å². The van der Waals surface area contributed by atoms with E-state index in [2.05, 4.69) is 27.0 Å². The van der Waals surface area contributed by atoms with E-state index in [1.807, 2.05) is 17.5 Å². The number of amides is 1. The van der Waals surface area contributed by atoms with Gasteiger partial charge in [0.1, 0.15) is 0 Å². The summed E-state index contributed by atoms with van der Waals surface area (Å²) < 4.78 is 0. The minimum absolute atomic E-state index is 0.259. The highest BCUT2D eigenvalue weighted by molar-refractivity contribution is 7.99. The van der Waals surface area contributed by atoms with Gasteiger partial charge in [-0.3, -0.25) is 9.89 Å². The van der Waals surface area contributed by atoms with Gasteiger partial charge in [-0.05, 0) is 55.9 Å². The smallest absolute Gasteiger partial charge is 0.233 e. The van der Waals surface area contributed by atoms with E-state index in [0.29, 0.717) is 23.0 Å². The Morgan fingerprint density at radius 3 is 2.64 bits per heavy atom. The number of nitrogens with zero attached hydrogens (tertiary/aromatic N) is 3. The molecule has 2 fully saturated rings. The lowest BCUT2D eigenvalue weighted by molar-refractivity contribution is -0.132. The predicted octanol–water partition coefficient (Wildman–Crippen LogP) is 4.20. The molecule has 1 amide bonds. The van der Waals surface area contributed by atoms with E-state index in [-0.39, 0.29) is 5.91 Å². The van der Waals surface area contributed by atoms with Crippen molar-refractivity contribution < 1.29 is 4.79 Å². The van der Waals surface area contributed by atoms with E-state index < -0.39 is 0 Å². The number of nitrogens with one attached hydrogen (secondary N) is 1. The number of H-pyrrole nitrogens is 1. The first-order valence-corrected chi connectivity index (χ1v) is 11.0. The second kappa shape index (κ2) is 7.50. The maximum Gasteiger partial charge on any atom is 0.233 e. The van der Waals surface area contributed by atoms with E-state index >= 15 is 0 Å². The fourth-order valence-corrected chi connectivity index (χ4v) is 4.95. The Morgan fingerprint density at radius 2 is 2.00 bits per heavy atom. The topological polar surface area (TPSA) is 61.9 Å². The largest absolute Gasteiger partial charge is 0.336 e. The van der Waals surface area contributed by atoms with Crippen molar-refractivity contribution in [2.45, 2.75) is 62.7 Å². The summed E-state index contributed by atoms with van der Waals surface area (Å²) in [6.07, 6.45) is 7.17. The Bertz CT molecular complexity index is 702. The number of carbonyl (C=O) groups is 1. The zero-order chi connectivity index (χ0) is 17.2. The Balaban J connectivity index is 1.35. The molecule has 0 atom stereocenters. The molecule has 0 aromatic carbocycles. The lowest BCUT2D eigenvalue weighted by Gasteiger charge is -2.36. The first kappa shape index (κ1) is 17.1. The summed E-state index contributed by atoms with van der Waals surface area (Å²) in [5, 5.41) is 9.89. The monoisotopic (exact) mass is 376 g/mol. The summed E-state index contributed by atoms with van der Waals surface area (Å²) in [5.41, 5.74) is 0. The molecular weight excluding hydrogens is 352 g/mol. The van der Waals surface area contributed by atoms with Crippen molar-refractivity contribution in [2.75, 3.05) is 5.75 Å². The van der Waals surface area contributed by atoms with Crippen LogP contribution in [0.4, 0.5) is 0 Å². The highest BCUT2D eigenvalue weighted by Gasteiger charge is 2.38. The average Bonchev–Trinajstić information content (AvgIpc) is 3.12. The number of hydrogen-bond acceptors (Lipinski definition) is 5. The zero-order valence-corrected chi connectivity index (χ0v) is 16.1. The van der Waals surface area contributed by atoms with Crippen LogP contribution in [0.3, 0.4) is 0 Å². The number of aromatic amines is 1. The molecule has 134 valence electrons. The number of carbonyl (C=O) groups excluding carboxylic acids is 1. The van der Waals surface area contributed by atoms with Crippen LogP contribution in [0.1, 0.15) is 45.4 Å². The van der Waals surface area contributed by atoms with Gasteiger partial charge in [0.15, 0.2) is 5.82 Å². The van der Waals surface area contributed by atoms with Crippen molar-refractivity contribution in [3.63, 3.8) is 0 Å². The molecule has 0 unspecified atom stereocenters. The van der Waals surface area contributed by atoms with Gasteiger partial charge in [0.2, 0.25) is 11.1 Å². The quantitative estimate of drug-likeness (QED) is 0.768. The molecule has 7 heteroatoms. The minimum Gasteiger partial charge on any atom is -0.336 e. The molecule has 2 aromatic heterocycles. The first-order chi connectivity index (χ1) is 12.2. The van der Waals surface area contributed by atoms with E-state index in [0.717, 1.165) is 29.5 Å². The molecule has 5 nitrogen and oxygen atoms in total. The Hall–Kier alpha value is -1.34. The van der Waals surface area contributed by atoms with Crippen LogP contribution in [0.5, 0.6) is 0 Å². The lowest BCUT2D eigenvalue weighted by Crippen LogP contribution is -2.44. The van der Waals surface area contributed by atoms with Crippen molar-refractivity contribution >= 4 is 29.0 Å². The van der Waals surface area contributed by atoms with Gasteiger partial charge in [0, 0.05) is 12.1 Å². The van der Waals surface area contributed by atoms with Gasteiger partial charge in [-0.15, -0.1) is 16.4 Å².